The second-order valence-corrected chi connectivity index (χ2v) is 4.78. The first-order valence-electron chi connectivity index (χ1n) is 5.66. The fraction of sp³-hybridized carbons (Fsp3) is 0.286. The molecule has 3 nitrogen and oxygen atoms in total. The van der Waals surface area contributed by atoms with Gasteiger partial charge in [0.05, 0.1) is 16.9 Å². The zero-order chi connectivity index (χ0) is 12.5. The molecular formula is C14H17N3. The van der Waals surface area contributed by atoms with Crippen LogP contribution in [-0.4, -0.2) is 9.97 Å². The SMILES string of the molecule is Cc1c(-c2ccccc2)ncnc1C(C)(C)N. The monoisotopic (exact) mass is 227 g/mol. The molecule has 0 fully saturated rings. The van der Waals surface area contributed by atoms with Crippen molar-refractivity contribution in [2.75, 3.05) is 0 Å². The molecule has 2 rings (SSSR count). The highest BCUT2D eigenvalue weighted by Gasteiger charge is 2.20. The third kappa shape index (κ3) is 2.34. The van der Waals surface area contributed by atoms with Crippen molar-refractivity contribution < 1.29 is 0 Å². The lowest BCUT2D eigenvalue weighted by Crippen LogP contribution is -2.31. The number of nitrogens with two attached hydrogens (primary N) is 1. The van der Waals surface area contributed by atoms with Crippen LogP contribution in [0.3, 0.4) is 0 Å². The van der Waals surface area contributed by atoms with E-state index in [2.05, 4.69) is 9.97 Å². The van der Waals surface area contributed by atoms with Crippen LogP contribution >= 0.6 is 0 Å². The molecule has 0 spiro atoms. The van der Waals surface area contributed by atoms with E-state index in [0.29, 0.717) is 0 Å². The predicted molar refractivity (Wildman–Crippen MR) is 69.4 cm³/mol. The first-order chi connectivity index (χ1) is 8.00. The Balaban J connectivity index is 2.58. The van der Waals surface area contributed by atoms with Crippen molar-refractivity contribution in [3.8, 4) is 11.3 Å². The molecule has 1 aromatic heterocycles. The molecule has 2 N–H and O–H groups in total. The van der Waals surface area contributed by atoms with Crippen molar-refractivity contribution in [2.45, 2.75) is 26.3 Å². The summed E-state index contributed by atoms with van der Waals surface area (Å²) in [6.07, 6.45) is 1.58. The summed E-state index contributed by atoms with van der Waals surface area (Å²) in [5.74, 6) is 0. The molecule has 2 aromatic rings. The molecule has 0 bridgehead atoms. The summed E-state index contributed by atoms with van der Waals surface area (Å²) >= 11 is 0. The minimum Gasteiger partial charge on any atom is -0.321 e. The summed E-state index contributed by atoms with van der Waals surface area (Å²) in [5.41, 5.74) is 9.66. The average Bonchev–Trinajstić information content (AvgIpc) is 2.29. The predicted octanol–water partition coefficient (Wildman–Crippen LogP) is 2.65. The number of nitrogens with zero attached hydrogens (tertiary/aromatic N) is 2. The van der Waals surface area contributed by atoms with Gasteiger partial charge in [0.2, 0.25) is 0 Å². The van der Waals surface area contributed by atoms with E-state index in [4.69, 9.17) is 5.73 Å². The van der Waals surface area contributed by atoms with Gasteiger partial charge in [-0.05, 0) is 26.3 Å². The molecule has 0 saturated heterocycles. The Hall–Kier alpha value is -1.74. The first kappa shape index (κ1) is 11.7. The minimum absolute atomic E-state index is 0.448. The van der Waals surface area contributed by atoms with Gasteiger partial charge in [-0.25, -0.2) is 9.97 Å². The molecule has 0 saturated carbocycles. The Morgan fingerprint density at radius 3 is 2.29 bits per heavy atom. The smallest absolute Gasteiger partial charge is 0.116 e. The van der Waals surface area contributed by atoms with Gasteiger partial charge in [-0.1, -0.05) is 30.3 Å². The fourth-order valence-electron chi connectivity index (χ4n) is 1.99. The first-order valence-corrected chi connectivity index (χ1v) is 5.66. The summed E-state index contributed by atoms with van der Waals surface area (Å²) in [6.45, 7) is 5.93. The van der Waals surface area contributed by atoms with E-state index >= 15 is 0 Å². The van der Waals surface area contributed by atoms with Gasteiger partial charge in [-0.3, -0.25) is 0 Å². The molecule has 0 amide bonds. The van der Waals surface area contributed by atoms with E-state index in [0.717, 1.165) is 22.5 Å². The molecule has 0 aliphatic heterocycles. The largest absolute Gasteiger partial charge is 0.321 e. The van der Waals surface area contributed by atoms with Crippen molar-refractivity contribution in [1.29, 1.82) is 0 Å². The topological polar surface area (TPSA) is 51.8 Å². The van der Waals surface area contributed by atoms with Gasteiger partial charge in [0.15, 0.2) is 0 Å². The number of hydrogen-bond acceptors (Lipinski definition) is 3. The second kappa shape index (κ2) is 4.26. The van der Waals surface area contributed by atoms with Crippen LogP contribution in [0.2, 0.25) is 0 Å². The van der Waals surface area contributed by atoms with Gasteiger partial charge < -0.3 is 5.73 Å². The summed E-state index contributed by atoms with van der Waals surface area (Å²) in [7, 11) is 0. The molecule has 17 heavy (non-hydrogen) atoms. The van der Waals surface area contributed by atoms with E-state index in [1.54, 1.807) is 6.33 Å². The standard InChI is InChI=1S/C14H17N3/c1-10-12(11-7-5-4-6-8-11)16-9-17-13(10)14(2,3)15/h4-9H,15H2,1-3H3. The van der Waals surface area contributed by atoms with Gasteiger partial charge in [0, 0.05) is 5.56 Å². The third-order valence-corrected chi connectivity index (χ3v) is 2.74. The van der Waals surface area contributed by atoms with Crippen LogP contribution in [0.5, 0.6) is 0 Å². The Morgan fingerprint density at radius 1 is 1.06 bits per heavy atom. The van der Waals surface area contributed by atoms with Gasteiger partial charge in [-0.15, -0.1) is 0 Å². The average molecular weight is 227 g/mol. The van der Waals surface area contributed by atoms with E-state index in [-0.39, 0.29) is 0 Å². The van der Waals surface area contributed by atoms with Crippen molar-refractivity contribution >= 4 is 0 Å². The van der Waals surface area contributed by atoms with Crippen LogP contribution in [-0.2, 0) is 5.54 Å². The Morgan fingerprint density at radius 2 is 1.71 bits per heavy atom. The van der Waals surface area contributed by atoms with Crippen LogP contribution in [0, 0.1) is 6.92 Å². The van der Waals surface area contributed by atoms with E-state index in [1.165, 1.54) is 0 Å². The normalized spacial score (nSPS) is 11.5. The molecule has 1 heterocycles. The zero-order valence-corrected chi connectivity index (χ0v) is 10.4. The van der Waals surface area contributed by atoms with Crippen LogP contribution in [0.4, 0.5) is 0 Å². The summed E-state index contributed by atoms with van der Waals surface area (Å²) in [4.78, 5) is 8.66. The number of hydrogen-bond donors (Lipinski definition) is 1. The van der Waals surface area contributed by atoms with Crippen LogP contribution in [0.25, 0.3) is 11.3 Å². The van der Waals surface area contributed by atoms with Crippen molar-refractivity contribution in [3.63, 3.8) is 0 Å². The summed E-state index contributed by atoms with van der Waals surface area (Å²) in [5, 5.41) is 0. The minimum atomic E-state index is -0.448. The highest BCUT2D eigenvalue weighted by molar-refractivity contribution is 5.63. The lowest BCUT2D eigenvalue weighted by atomic mass is 9.95. The number of benzene rings is 1. The maximum absolute atomic E-state index is 6.11. The molecule has 3 heteroatoms. The molecule has 1 aromatic carbocycles. The summed E-state index contributed by atoms with van der Waals surface area (Å²) in [6, 6.07) is 10.1. The van der Waals surface area contributed by atoms with E-state index in [9.17, 15) is 0 Å². The maximum Gasteiger partial charge on any atom is 0.116 e. The van der Waals surface area contributed by atoms with Crippen molar-refractivity contribution in [3.05, 3.63) is 47.9 Å². The van der Waals surface area contributed by atoms with Gasteiger partial charge >= 0.3 is 0 Å². The number of aromatic nitrogens is 2. The fourth-order valence-corrected chi connectivity index (χ4v) is 1.99. The Labute approximate surface area is 102 Å². The maximum atomic E-state index is 6.11. The van der Waals surface area contributed by atoms with Crippen molar-refractivity contribution in [1.82, 2.24) is 9.97 Å². The molecule has 0 aliphatic carbocycles. The van der Waals surface area contributed by atoms with Crippen LogP contribution < -0.4 is 5.73 Å². The van der Waals surface area contributed by atoms with Gasteiger partial charge in [0.25, 0.3) is 0 Å². The second-order valence-electron chi connectivity index (χ2n) is 4.78. The molecular weight excluding hydrogens is 210 g/mol. The van der Waals surface area contributed by atoms with Gasteiger partial charge in [0.1, 0.15) is 6.33 Å². The Bertz CT molecular complexity index is 513. The molecule has 0 aliphatic rings. The quantitative estimate of drug-likeness (QED) is 0.858. The molecule has 0 atom stereocenters. The van der Waals surface area contributed by atoms with Crippen molar-refractivity contribution in [2.24, 2.45) is 5.73 Å². The zero-order valence-electron chi connectivity index (χ0n) is 10.4. The molecule has 0 unspecified atom stereocenters. The third-order valence-electron chi connectivity index (χ3n) is 2.74. The molecule has 88 valence electrons. The van der Waals surface area contributed by atoms with E-state index in [1.807, 2.05) is 51.1 Å². The van der Waals surface area contributed by atoms with Crippen LogP contribution in [0.1, 0.15) is 25.1 Å². The highest BCUT2D eigenvalue weighted by Crippen LogP contribution is 2.26. The summed E-state index contributed by atoms with van der Waals surface area (Å²) < 4.78 is 0. The highest BCUT2D eigenvalue weighted by atomic mass is 14.9. The number of rotatable bonds is 2. The lowest BCUT2D eigenvalue weighted by molar-refractivity contribution is 0.529. The molecule has 0 radical (unpaired) electrons. The Kier molecular flexibility index (Phi) is 2.94. The van der Waals surface area contributed by atoms with Gasteiger partial charge in [-0.2, -0.15) is 0 Å². The lowest BCUT2D eigenvalue weighted by Gasteiger charge is -2.21. The van der Waals surface area contributed by atoms with E-state index < -0.39 is 5.54 Å². The van der Waals surface area contributed by atoms with Crippen LogP contribution in [0.15, 0.2) is 36.7 Å².